The lowest BCUT2D eigenvalue weighted by Crippen LogP contribution is -2.31. The summed E-state index contributed by atoms with van der Waals surface area (Å²) in [4.78, 5) is 0. The van der Waals surface area contributed by atoms with Crippen molar-refractivity contribution in [3.63, 3.8) is 0 Å². The van der Waals surface area contributed by atoms with Crippen molar-refractivity contribution in [3.8, 4) is 5.75 Å². The summed E-state index contributed by atoms with van der Waals surface area (Å²) in [6, 6.07) is 8.28. The fourth-order valence-corrected chi connectivity index (χ4v) is 2.72. The number of rotatable bonds is 6. The zero-order valence-corrected chi connectivity index (χ0v) is 11.7. The van der Waals surface area contributed by atoms with Gasteiger partial charge in [0.05, 0.1) is 6.61 Å². The average Bonchev–Trinajstić information content (AvgIpc) is 2.46. The molecule has 1 saturated carbocycles. The van der Waals surface area contributed by atoms with Gasteiger partial charge in [-0.2, -0.15) is 0 Å². The monoisotopic (exact) mass is 262 g/mol. The van der Waals surface area contributed by atoms with Gasteiger partial charge < -0.3 is 16.2 Å². The fraction of sp³-hybridized carbons (Fsp3) is 0.625. The van der Waals surface area contributed by atoms with Crippen molar-refractivity contribution in [2.75, 3.05) is 13.2 Å². The predicted octanol–water partition coefficient (Wildman–Crippen LogP) is 2.47. The molecule has 0 spiro atoms. The van der Waals surface area contributed by atoms with Gasteiger partial charge in [-0.25, -0.2) is 0 Å². The highest BCUT2D eigenvalue weighted by Crippen LogP contribution is 2.25. The van der Waals surface area contributed by atoms with Crippen molar-refractivity contribution in [2.24, 2.45) is 17.4 Å². The van der Waals surface area contributed by atoms with Gasteiger partial charge in [-0.3, -0.25) is 0 Å². The minimum atomic E-state index is 0.0357. The normalized spacial score (nSPS) is 18.2. The van der Waals surface area contributed by atoms with Crippen molar-refractivity contribution in [2.45, 2.75) is 44.6 Å². The Labute approximate surface area is 116 Å². The number of nitrogens with two attached hydrogens (primary N) is 2. The molecule has 0 amide bonds. The Morgan fingerprint density at radius 2 is 2.00 bits per heavy atom. The first kappa shape index (κ1) is 14.4. The first-order valence-corrected chi connectivity index (χ1v) is 7.45. The van der Waals surface area contributed by atoms with Crippen LogP contribution in [0, 0.1) is 5.92 Å². The largest absolute Gasteiger partial charge is 0.493 e. The van der Waals surface area contributed by atoms with Crippen LogP contribution in [0.5, 0.6) is 5.75 Å². The summed E-state index contributed by atoms with van der Waals surface area (Å²) >= 11 is 0. The second kappa shape index (κ2) is 7.51. The summed E-state index contributed by atoms with van der Waals surface area (Å²) in [5, 5.41) is 0. The highest BCUT2D eigenvalue weighted by atomic mass is 16.5. The molecule has 3 nitrogen and oxygen atoms in total. The van der Waals surface area contributed by atoms with Gasteiger partial charge in [-0.1, -0.05) is 31.4 Å². The van der Waals surface area contributed by atoms with Crippen LogP contribution in [0.3, 0.4) is 0 Å². The predicted molar refractivity (Wildman–Crippen MR) is 79.2 cm³/mol. The maximum atomic E-state index is 5.93. The number of ether oxygens (including phenoxy) is 1. The van der Waals surface area contributed by atoms with E-state index in [1.54, 1.807) is 0 Å². The topological polar surface area (TPSA) is 61.3 Å². The highest BCUT2D eigenvalue weighted by molar-refractivity contribution is 5.29. The standard InChI is InChI=1S/C16H26N2O/c17-11-15(18)9-14-7-4-8-16(10-14)19-12-13-5-2-1-3-6-13/h4,7-8,10,13,15H,1-3,5-6,9,11-12,17-18H2/t15-/m0/s1. The zero-order chi connectivity index (χ0) is 13.5. The number of hydrogen-bond donors (Lipinski definition) is 2. The van der Waals surface area contributed by atoms with Crippen molar-refractivity contribution < 1.29 is 4.74 Å². The van der Waals surface area contributed by atoms with E-state index >= 15 is 0 Å². The van der Waals surface area contributed by atoms with E-state index in [4.69, 9.17) is 16.2 Å². The first-order valence-electron chi connectivity index (χ1n) is 7.45. The lowest BCUT2D eigenvalue weighted by Gasteiger charge is -2.21. The molecule has 1 aromatic rings. The molecule has 0 aromatic heterocycles. The summed E-state index contributed by atoms with van der Waals surface area (Å²) in [5.41, 5.74) is 12.6. The summed E-state index contributed by atoms with van der Waals surface area (Å²) in [5.74, 6) is 1.70. The zero-order valence-electron chi connectivity index (χ0n) is 11.7. The van der Waals surface area contributed by atoms with E-state index in [0.29, 0.717) is 6.54 Å². The Morgan fingerprint density at radius 3 is 2.74 bits per heavy atom. The van der Waals surface area contributed by atoms with E-state index in [1.165, 1.54) is 37.7 Å². The molecule has 0 saturated heterocycles. The molecule has 0 unspecified atom stereocenters. The van der Waals surface area contributed by atoms with E-state index in [2.05, 4.69) is 12.1 Å². The molecule has 3 heteroatoms. The minimum absolute atomic E-state index is 0.0357. The molecule has 0 heterocycles. The summed E-state index contributed by atoms with van der Waals surface area (Å²) in [7, 11) is 0. The summed E-state index contributed by atoms with van der Waals surface area (Å²) < 4.78 is 5.93. The maximum Gasteiger partial charge on any atom is 0.119 e. The lowest BCUT2D eigenvalue weighted by atomic mass is 9.90. The van der Waals surface area contributed by atoms with Crippen LogP contribution in [0.2, 0.25) is 0 Å². The van der Waals surface area contributed by atoms with Crippen LogP contribution < -0.4 is 16.2 Å². The Balaban J connectivity index is 1.84. The molecule has 1 aliphatic rings. The van der Waals surface area contributed by atoms with Crippen molar-refractivity contribution in [1.82, 2.24) is 0 Å². The van der Waals surface area contributed by atoms with Gasteiger partial charge in [0.1, 0.15) is 5.75 Å². The van der Waals surface area contributed by atoms with Gasteiger partial charge in [0.2, 0.25) is 0 Å². The Kier molecular flexibility index (Phi) is 5.67. The molecular formula is C16H26N2O. The third-order valence-corrected chi connectivity index (χ3v) is 3.91. The Morgan fingerprint density at radius 1 is 1.21 bits per heavy atom. The van der Waals surface area contributed by atoms with Crippen LogP contribution in [0.15, 0.2) is 24.3 Å². The van der Waals surface area contributed by atoms with Crippen molar-refractivity contribution in [3.05, 3.63) is 29.8 Å². The lowest BCUT2D eigenvalue weighted by molar-refractivity contribution is 0.208. The van der Waals surface area contributed by atoms with Gasteiger partial charge in [-0.05, 0) is 42.9 Å². The Bertz CT molecular complexity index is 375. The van der Waals surface area contributed by atoms with Crippen LogP contribution in [0.4, 0.5) is 0 Å². The smallest absolute Gasteiger partial charge is 0.119 e. The van der Waals surface area contributed by atoms with Crippen LogP contribution in [-0.4, -0.2) is 19.2 Å². The van der Waals surface area contributed by atoms with E-state index < -0.39 is 0 Å². The molecule has 1 fully saturated rings. The molecule has 1 atom stereocenters. The van der Waals surface area contributed by atoms with Gasteiger partial charge in [0.25, 0.3) is 0 Å². The first-order chi connectivity index (χ1) is 9.28. The molecule has 2 rings (SSSR count). The summed E-state index contributed by atoms with van der Waals surface area (Å²) in [6.45, 7) is 1.37. The second-order valence-electron chi connectivity index (χ2n) is 5.66. The van der Waals surface area contributed by atoms with E-state index in [-0.39, 0.29) is 6.04 Å². The van der Waals surface area contributed by atoms with Gasteiger partial charge in [0.15, 0.2) is 0 Å². The van der Waals surface area contributed by atoms with Crippen LogP contribution in [0.25, 0.3) is 0 Å². The van der Waals surface area contributed by atoms with Gasteiger partial charge in [0, 0.05) is 12.6 Å². The molecule has 0 aliphatic heterocycles. The van der Waals surface area contributed by atoms with Crippen LogP contribution in [-0.2, 0) is 6.42 Å². The SMILES string of the molecule is NC[C@@H](N)Cc1cccc(OCC2CCCCC2)c1. The molecule has 0 bridgehead atoms. The number of hydrogen-bond acceptors (Lipinski definition) is 3. The van der Waals surface area contributed by atoms with E-state index in [9.17, 15) is 0 Å². The molecular weight excluding hydrogens is 236 g/mol. The van der Waals surface area contributed by atoms with Crippen LogP contribution in [0.1, 0.15) is 37.7 Å². The molecule has 1 aliphatic carbocycles. The quantitative estimate of drug-likeness (QED) is 0.828. The van der Waals surface area contributed by atoms with Gasteiger partial charge in [-0.15, -0.1) is 0 Å². The summed E-state index contributed by atoms with van der Waals surface area (Å²) in [6.07, 6.45) is 7.56. The molecule has 106 valence electrons. The van der Waals surface area contributed by atoms with Crippen LogP contribution >= 0.6 is 0 Å². The average molecular weight is 262 g/mol. The van der Waals surface area contributed by atoms with Gasteiger partial charge >= 0.3 is 0 Å². The van der Waals surface area contributed by atoms with E-state index in [0.717, 1.165) is 24.7 Å². The Hall–Kier alpha value is -1.06. The molecule has 1 aromatic carbocycles. The minimum Gasteiger partial charge on any atom is -0.493 e. The molecule has 19 heavy (non-hydrogen) atoms. The van der Waals surface area contributed by atoms with Crippen molar-refractivity contribution >= 4 is 0 Å². The number of benzene rings is 1. The molecule has 0 radical (unpaired) electrons. The highest BCUT2D eigenvalue weighted by Gasteiger charge is 2.14. The maximum absolute atomic E-state index is 5.93. The molecule has 4 N–H and O–H groups in total. The fourth-order valence-electron chi connectivity index (χ4n) is 2.72. The van der Waals surface area contributed by atoms with E-state index in [1.807, 2.05) is 12.1 Å². The second-order valence-corrected chi connectivity index (χ2v) is 5.66. The third-order valence-electron chi connectivity index (χ3n) is 3.91. The van der Waals surface area contributed by atoms with Crippen molar-refractivity contribution in [1.29, 1.82) is 0 Å². The third kappa shape index (κ3) is 4.84.